The average molecular weight is 278 g/mol. The molecule has 1 aliphatic heterocycles. The highest BCUT2D eigenvalue weighted by molar-refractivity contribution is 9.10. The van der Waals surface area contributed by atoms with Crippen LogP contribution in [0.25, 0.3) is 0 Å². The monoisotopic (exact) mass is 276 g/mol. The second-order valence-electron chi connectivity index (χ2n) is 3.30. The number of benzene rings is 1. The Balaban J connectivity index is 2.13. The highest BCUT2D eigenvalue weighted by Crippen LogP contribution is 2.32. The van der Waals surface area contributed by atoms with E-state index in [-0.39, 0.29) is 6.10 Å². The molecule has 1 aromatic rings. The summed E-state index contributed by atoms with van der Waals surface area (Å²) in [5.41, 5.74) is 1.03. The molecule has 0 unspecified atom stereocenters. The van der Waals surface area contributed by atoms with Gasteiger partial charge in [-0.15, -0.1) is 0 Å². The van der Waals surface area contributed by atoms with Crippen molar-refractivity contribution in [3.63, 3.8) is 0 Å². The highest BCUT2D eigenvalue weighted by atomic mass is 79.9. The summed E-state index contributed by atoms with van der Waals surface area (Å²) in [6.07, 6.45) is 0.275. The van der Waals surface area contributed by atoms with Crippen molar-refractivity contribution in [1.82, 2.24) is 0 Å². The molecule has 0 aromatic heterocycles. The fourth-order valence-electron chi connectivity index (χ4n) is 1.21. The summed E-state index contributed by atoms with van der Waals surface area (Å²) >= 11 is 9.31. The third-order valence-corrected chi connectivity index (χ3v) is 2.82. The summed E-state index contributed by atoms with van der Waals surface area (Å²) in [6.45, 7) is 3.39. The number of aryl methyl sites for hydroxylation is 1. The van der Waals surface area contributed by atoms with Crippen molar-refractivity contribution in [3.05, 3.63) is 27.2 Å². The molecule has 0 spiro atoms. The zero-order valence-electron chi connectivity index (χ0n) is 7.72. The van der Waals surface area contributed by atoms with Gasteiger partial charge < -0.3 is 9.47 Å². The third kappa shape index (κ3) is 2.41. The van der Waals surface area contributed by atoms with Gasteiger partial charge in [-0.05, 0) is 40.5 Å². The summed E-state index contributed by atoms with van der Waals surface area (Å²) in [7, 11) is 0. The molecule has 2 rings (SSSR count). The van der Waals surface area contributed by atoms with Crippen LogP contribution in [0, 0.1) is 6.92 Å². The van der Waals surface area contributed by atoms with Crippen LogP contribution in [0.2, 0.25) is 5.02 Å². The Morgan fingerprint density at radius 2 is 2.36 bits per heavy atom. The smallest absolute Gasteiger partial charge is 0.136 e. The topological polar surface area (TPSA) is 21.8 Å². The Bertz CT molecular complexity index is 327. The predicted molar refractivity (Wildman–Crippen MR) is 59.1 cm³/mol. The van der Waals surface area contributed by atoms with E-state index in [1.165, 1.54) is 0 Å². The minimum absolute atomic E-state index is 0.275. The van der Waals surface area contributed by atoms with E-state index in [4.69, 9.17) is 21.1 Å². The van der Waals surface area contributed by atoms with Crippen LogP contribution in [0.3, 0.4) is 0 Å². The van der Waals surface area contributed by atoms with Crippen LogP contribution in [-0.2, 0) is 4.74 Å². The summed E-state index contributed by atoms with van der Waals surface area (Å²) in [5, 5.41) is 0.712. The molecule has 0 amide bonds. The Hall–Kier alpha value is -0.250. The molecule has 2 nitrogen and oxygen atoms in total. The van der Waals surface area contributed by atoms with E-state index < -0.39 is 0 Å². The van der Waals surface area contributed by atoms with Gasteiger partial charge in [-0.25, -0.2) is 0 Å². The van der Waals surface area contributed by atoms with Gasteiger partial charge in [0.05, 0.1) is 11.1 Å². The molecular weight excluding hydrogens is 267 g/mol. The van der Waals surface area contributed by atoms with Crippen molar-refractivity contribution in [3.8, 4) is 5.75 Å². The molecule has 1 fully saturated rings. The average Bonchev–Trinajstić information content (AvgIpc) is 2.85. The van der Waals surface area contributed by atoms with Crippen LogP contribution in [0.15, 0.2) is 16.6 Å². The lowest BCUT2D eigenvalue weighted by Gasteiger charge is -2.10. The van der Waals surface area contributed by atoms with Gasteiger partial charge in [-0.1, -0.05) is 11.6 Å². The van der Waals surface area contributed by atoms with E-state index in [1.807, 2.05) is 19.1 Å². The van der Waals surface area contributed by atoms with Crippen LogP contribution in [-0.4, -0.2) is 19.3 Å². The van der Waals surface area contributed by atoms with Crippen LogP contribution < -0.4 is 4.74 Å². The number of rotatable bonds is 3. The molecule has 0 N–H and O–H groups in total. The molecule has 1 atom stereocenters. The van der Waals surface area contributed by atoms with E-state index in [0.717, 1.165) is 22.4 Å². The van der Waals surface area contributed by atoms with Crippen LogP contribution >= 0.6 is 27.5 Å². The minimum atomic E-state index is 0.275. The first kappa shape index (κ1) is 10.3. The number of hydrogen-bond acceptors (Lipinski definition) is 2. The van der Waals surface area contributed by atoms with E-state index >= 15 is 0 Å². The molecule has 1 heterocycles. The molecule has 14 heavy (non-hydrogen) atoms. The van der Waals surface area contributed by atoms with E-state index in [1.54, 1.807) is 0 Å². The molecule has 1 saturated heterocycles. The maximum atomic E-state index is 5.89. The first-order valence-electron chi connectivity index (χ1n) is 4.37. The van der Waals surface area contributed by atoms with Crippen molar-refractivity contribution in [2.75, 3.05) is 13.2 Å². The van der Waals surface area contributed by atoms with Crippen LogP contribution in [0.1, 0.15) is 5.56 Å². The standard InChI is InChI=1S/C10H10BrClO2/c1-6-2-7(12)3-9(11)10(6)14-5-8-4-13-8/h2-3,8H,4-5H2,1H3/t8-/m1/s1. The molecule has 4 heteroatoms. The fraction of sp³-hybridized carbons (Fsp3) is 0.400. The largest absolute Gasteiger partial charge is 0.489 e. The Kier molecular flexibility index (Phi) is 3.00. The normalized spacial score (nSPS) is 19.5. The number of hydrogen-bond donors (Lipinski definition) is 0. The Morgan fingerprint density at radius 3 is 2.93 bits per heavy atom. The lowest BCUT2D eigenvalue weighted by molar-refractivity contribution is 0.260. The summed E-state index contributed by atoms with van der Waals surface area (Å²) in [5.74, 6) is 0.852. The molecule has 0 bridgehead atoms. The van der Waals surface area contributed by atoms with Crippen molar-refractivity contribution in [2.24, 2.45) is 0 Å². The van der Waals surface area contributed by atoms with Crippen LogP contribution in [0.5, 0.6) is 5.75 Å². The molecule has 76 valence electrons. The Morgan fingerprint density at radius 1 is 1.64 bits per heavy atom. The van der Waals surface area contributed by atoms with Gasteiger partial charge in [0.1, 0.15) is 18.5 Å². The molecule has 1 aliphatic rings. The van der Waals surface area contributed by atoms with Gasteiger partial charge >= 0.3 is 0 Å². The maximum Gasteiger partial charge on any atom is 0.136 e. The van der Waals surface area contributed by atoms with Gasteiger partial charge in [0.15, 0.2) is 0 Å². The fourth-order valence-corrected chi connectivity index (χ4v) is 2.29. The second kappa shape index (κ2) is 4.09. The zero-order valence-corrected chi connectivity index (χ0v) is 10.1. The van der Waals surface area contributed by atoms with E-state index in [2.05, 4.69) is 15.9 Å². The van der Waals surface area contributed by atoms with E-state index in [9.17, 15) is 0 Å². The first-order valence-corrected chi connectivity index (χ1v) is 5.54. The van der Waals surface area contributed by atoms with Gasteiger partial charge in [-0.2, -0.15) is 0 Å². The molecule has 0 aliphatic carbocycles. The second-order valence-corrected chi connectivity index (χ2v) is 4.59. The molecule has 0 radical (unpaired) electrons. The van der Waals surface area contributed by atoms with Crippen molar-refractivity contribution < 1.29 is 9.47 Å². The molecule has 0 saturated carbocycles. The number of ether oxygens (including phenoxy) is 2. The SMILES string of the molecule is Cc1cc(Cl)cc(Br)c1OC[C@H]1CO1. The zero-order chi connectivity index (χ0) is 10.1. The number of epoxide rings is 1. The first-order chi connectivity index (χ1) is 6.66. The quantitative estimate of drug-likeness (QED) is 0.792. The van der Waals surface area contributed by atoms with Gasteiger partial charge in [0, 0.05) is 5.02 Å². The van der Waals surface area contributed by atoms with Gasteiger partial charge in [-0.3, -0.25) is 0 Å². The van der Waals surface area contributed by atoms with Gasteiger partial charge in [0.25, 0.3) is 0 Å². The maximum absolute atomic E-state index is 5.89. The van der Waals surface area contributed by atoms with Crippen molar-refractivity contribution in [1.29, 1.82) is 0 Å². The molecular formula is C10H10BrClO2. The summed E-state index contributed by atoms with van der Waals surface area (Å²) in [4.78, 5) is 0. The van der Waals surface area contributed by atoms with E-state index in [0.29, 0.717) is 11.6 Å². The lowest BCUT2D eigenvalue weighted by atomic mass is 10.2. The summed E-state index contributed by atoms with van der Waals surface area (Å²) in [6, 6.07) is 3.72. The van der Waals surface area contributed by atoms with Crippen molar-refractivity contribution >= 4 is 27.5 Å². The lowest BCUT2D eigenvalue weighted by Crippen LogP contribution is -2.05. The molecule has 1 aromatic carbocycles. The predicted octanol–water partition coefficient (Wildman–Crippen LogP) is 3.19. The number of halogens is 2. The Labute approximate surface area is 96.3 Å². The summed E-state index contributed by atoms with van der Waals surface area (Å²) < 4.78 is 11.6. The minimum Gasteiger partial charge on any atom is -0.489 e. The highest BCUT2D eigenvalue weighted by Gasteiger charge is 2.23. The van der Waals surface area contributed by atoms with Crippen molar-refractivity contribution in [2.45, 2.75) is 13.0 Å². The third-order valence-electron chi connectivity index (χ3n) is 2.01. The van der Waals surface area contributed by atoms with Gasteiger partial charge in [0.2, 0.25) is 0 Å². The van der Waals surface area contributed by atoms with Crippen LogP contribution in [0.4, 0.5) is 0 Å².